The van der Waals surface area contributed by atoms with Gasteiger partial charge in [0, 0.05) is 35.5 Å². The predicted molar refractivity (Wildman–Crippen MR) is 114 cm³/mol. The molecule has 2 heterocycles. The number of nitrogens with one attached hydrogen (secondary N) is 1. The number of hydrogen-bond acceptors (Lipinski definition) is 5. The molecule has 0 atom stereocenters. The van der Waals surface area contributed by atoms with E-state index in [2.05, 4.69) is 14.9 Å². The fourth-order valence-electron chi connectivity index (χ4n) is 3.82. The van der Waals surface area contributed by atoms with E-state index < -0.39 is 0 Å². The van der Waals surface area contributed by atoms with Crippen molar-refractivity contribution < 1.29 is 10.0 Å². The minimum Gasteiger partial charge on any atom is -0.356 e. The highest BCUT2D eigenvalue weighted by molar-refractivity contribution is 6.34. The van der Waals surface area contributed by atoms with Gasteiger partial charge in [0.2, 0.25) is 5.91 Å². The molecule has 150 valence electrons. The Morgan fingerprint density at radius 2 is 1.86 bits per heavy atom. The van der Waals surface area contributed by atoms with Crippen LogP contribution in [0.3, 0.4) is 0 Å². The molecule has 4 rings (SSSR count). The Bertz CT molecular complexity index is 1030. The number of hydroxylamine groups is 1. The number of halogens is 2. The van der Waals surface area contributed by atoms with E-state index in [1.54, 1.807) is 11.8 Å². The van der Waals surface area contributed by atoms with E-state index in [-0.39, 0.29) is 11.8 Å². The Kier molecular flexibility index (Phi) is 5.85. The van der Waals surface area contributed by atoms with Gasteiger partial charge in [0.05, 0.1) is 10.5 Å². The fourth-order valence-corrected chi connectivity index (χ4v) is 4.22. The van der Waals surface area contributed by atoms with Crippen LogP contribution in [0.25, 0.3) is 22.0 Å². The second-order valence-electron chi connectivity index (χ2n) is 7.22. The third-order valence-electron chi connectivity index (χ3n) is 5.37. The van der Waals surface area contributed by atoms with Crippen molar-refractivity contribution in [2.45, 2.75) is 19.3 Å². The van der Waals surface area contributed by atoms with Gasteiger partial charge in [-0.05, 0) is 48.6 Å². The summed E-state index contributed by atoms with van der Waals surface area (Å²) in [6, 6.07) is 11.5. The lowest BCUT2D eigenvalue weighted by Crippen LogP contribution is -2.36. The van der Waals surface area contributed by atoms with E-state index in [0.717, 1.165) is 53.8 Å². The summed E-state index contributed by atoms with van der Waals surface area (Å²) in [5.41, 5.74) is 4.39. The van der Waals surface area contributed by atoms with Gasteiger partial charge in [-0.15, -0.1) is 0 Å². The van der Waals surface area contributed by atoms with Gasteiger partial charge in [-0.25, -0.2) is 15.4 Å². The molecule has 1 amide bonds. The van der Waals surface area contributed by atoms with Crippen molar-refractivity contribution >= 4 is 45.8 Å². The molecule has 0 radical (unpaired) electrons. The molecule has 3 aromatic rings. The van der Waals surface area contributed by atoms with Gasteiger partial charge >= 0.3 is 0 Å². The third-order valence-corrected chi connectivity index (χ3v) is 5.94. The van der Waals surface area contributed by atoms with Crippen molar-refractivity contribution in [2.75, 3.05) is 18.0 Å². The minimum atomic E-state index is -0.335. The summed E-state index contributed by atoms with van der Waals surface area (Å²) in [6.07, 6.45) is 3.61. The number of carbonyl (C=O) groups excluding carboxylic acids is 1. The van der Waals surface area contributed by atoms with Crippen LogP contribution in [0.1, 0.15) is 19.3 Å². The van der Waals surface area contributed by atoms with Crippen LogP contribution in [0.2, 0.25) is 10.0 Å². The molecule has 8 heteroatoms. The quantitative estimate of drug-likeness (QED) is 0.462. The van der Waals surface area contributed by atoms with E-state index in [9.17, 15) is 4.79 Å². The standard InChI is InChI=1S/C21H20Cl2N4O2/c22-15-3-1-14(2-4-15)16-10-17-19(11-18(16)23)24-12-25-21(17)27-7-5-13(6-8-27)9-20(28)26-29/h1-4,10-13,29H,5-9H2,(H,26,28). The minimum absolute atomic E-state index is 0.255. The Balaban J connectivity index is 1.64. The normalized spacial score (nSPS) is 14.9. The van der Waals surface area contributed by atoms with Crippen molar-refractivity contribution in [3.63, 3.8) is 0 Å². The maximum absolute atomic E-state index is 11.4. The second-order valence-corrected chi connectivity index (χ2v) is 8.07. The van der Waals surface area contributed by atoms with Crippen LogP contribution < -0.4 is 10.4 Å². The van der Waals surface area contributed by atoms with Crippen LogP contribution in [0.15, 0.2) is 42.7 Å². The fraction of sp³-hybridized carbons (Fsp3) is 0.286. The molecular weight excluding hydrogens is 411 g/mol. The highest BCUT2D eigenvalue weighted by Gasteiger charge is 2.24. The topological polar surface area (TPSA) is 78.4 Å². The number of fused-ring (bicyclic) bond motifs is 1. The molecule has 0 bridgehead atoms. The number of hydrogen-bond donors (Lipinski definition) is 2. The molecule has 29 heavy (non-hydrogen) atoms. The first-order chi connectivity index (χ1) is 14.0. The smallest absolute Gasteiger partial charge is 0.243 e. The number of carbonyl (C=O) groups is 1. The van der Waals surface area contributed by atoms with Crippen molar-refractivity contribution in [3.05, 3.63) is 52.8 Å². The number of amides is 1. The average molecular weight is 431 g/mol. The second kappa shape index (κ2) is 8.53. The molecule has 1 aromatic heterocycles. The van der Waals surface area contributed by atoms with Gasteiger partial charge in [-0.3, -0.25) is 10.0 Å². The lowest BCUT2D eigenvalue weighted by atomic mass is 9.93. The molecule has 0 spiro atoms. The summed E-state index contributed by atoms with van der Waals surface area (Å²) in [6.45, 7) is 1.57. The lowest BCUT2D eigenvalue weighted by Gasteiger charge is -2.33. The Labute approximate surface area is 178 Å². The highest BCUT2D eigenvalue weighted by Crippen LogP contribution is 2.36. The summed E-state index contributed by atoms with van der Waals surface area (Å²) in [4.78, 5) is 22.6. The third kappa shape index (κ3) is 4.29. The average Bonchev–Trinajstić information content (AvgIpc) is 2.74. The zero-order valence-electron chi connectivity index (χ0n) is 15.6. The van der Waals surface area contributed by atoms with Gasteiger partial charge in [0.25, 0.3) is 0 Å². The zero-order chi connectivity index (χ0) is 20.4. The van der Waals surface area contributed by atoms with Gasteiger partial charge in [-0.2, -0.15) is 0 Å². The molecule has 1 fully saturated rings. The molecule has 0 unspecified atom stereocenters. The molecule has 1 aliphatic heterocycles. The van der Waals surface area contributed by atoms with E-state index in [1.165, 1.54) is 0 Å². The lowest BCUT2D eigenvalue weighted by molar-refractivity contribution is -0.130. The molecule has 1 aliphatic rings. The van der Waals surface area contributed by atoms with Crippen molar-refractivity contribution in [2.24, 2.45) is 5.92 Å². The molecule has 2 N–H and O–H groups in total. The van der Waals surface area contributed by atoms with Crippen LogP contribution in [0.5, 0.6) is 0 Å². The Hall–Kier alpha value is -2.41. The number of piperidine rings is 1. The van der Waals surface area contributed by atoms with Crippen LogP contribution in [0, 0.1) is 5.92 Å². The molecule has 1 saturated heterocycles. The van der Waals surface area contributed by atoms with Crippen molar-refractivity contribution in [3.8, 4) is 11.1 Å². The Morgan fingerprint density at radius 1 is 1.14 bits per heavy atom. The monoisotopic (exact) mass is 430 g/mol. The van der Waals surface area contributed by atoms with Gasteiger partial charge in [0.15, 0.2) is 0 Å². The number of nitrogens with zero attached hydrogens (tertiary/aromatic N) is 3. The summed E-state index contributed by atoms with van der Waals surface area (Å²) in [5.74, 6) is 0.788. The van der Waals surface area contributed by atoms with Crippen molar-refractivity contribution in [1.29, 1.82) is 0 Å². The molecule has 0 saturated carbocycles. The number of benzene rings is 2. The highest BCUT2D eigenvalue weighted by atomic mass is 35.5. The summed E-state index contributed by atoms with van der Waals surface area (Å²) < 4.78 is 0. The summed E-state index contributed by atoms with van der Waals surface area (Å²) >= 11 is 12.5. The SMILES string of the molecule is O=C(CC1CCN(c2ncnc3cc(Cl)c(-c4ccc(Cl)cc4)cc23)CC1)NO. The Morgan fingerprint density at radius 3 is 2.55 bits per heavy atom. The largest absolute Gasteiger partial charge is 0.356 e. The first kappa shape index (κ1) is 19.9. The molecule has 0 aliphatic carbocycles. The van der Waals surface area contributed by atoms with Gasteiger partial charge in [-0.1, -0.05) is 35.3 Å². The first-order valence-electron chi connectivity index (χ1n) is 9.43. The molecule has 2 aromatic carbocycles. The van der Waals surface area contributed by atoms with Gasteiger partial charge in [0.1, 0.15) is 12.1 Å². The summed E-state index contributed by atoms with van der Waals surface area (Å²) in [5, 5.41) is 11.0. The number of anilines is 1. The maximum atomic E-state index is 11.4. The van der Waals surface area contributed by atoms with Crippen LogP contribution >= 0.6 is 23.2 Å². The predicted octanol–water partition coefficient (Wildman–Crippen LogP) is 4.72. The van der Waals surface area contributed by atoms with E-state index in [4.69, 9.17) is 28.4 Å². The summed E-state index contributed by atoms with van der Waals surface area (Å²) in [7, 11) is 0. The van der Waals surface area contributed by atoms with E-state index in [0.29, 0.717) is 16.5 Å². The van der Waals surface area contributed by atoms with Crippen LogP contribution in [-0.4, -0.2) is 34.2 Å². The number of aromatic nitrogens is 2. The number of rotatable bonds is 4. The first-order valence-corrected chi connectivity index (χ1v) is 10.2. The molecular formula is C21H20Cl2N4O2. The van der Waals surface area contributed by atoms with Crippen LogP contribution in [0.4, 0.5) is 5.82 Å². The molecule has 6 nitrogen and oxygen atoms in total. The van der Waals surface area contributed by atoms with E-state index >= 15 is 0 Å². The maximum Gasteiger partial charge on any atom is 0.243 e. The zero-order valence-corrected chi connectivity index (χ0v) is 17.1. The van der Waals surface area contributed by atoms with Crippen molar-refractivity contribution in [1.82, 2.24) is 15.4 Å². The van der Waals surface area contributed by atoms with Crippen LogP contribution in [-0.2, 0) is 4.79 Å². The van der Waals surface area contributed by atoms with E-state index in [1.807, 2.05) is 36.4 Å². The van der Waals surface area contributed by atoms with Gasteiger partial charge < -0.3 is 4.90 Å².